The molecule has 2 rings (SSSR count). The van der Waals surface area contributed by atoms with E-state index in [1.165, 1.54) is 6.07 Å². The topological polar surface area (TPSA) is 87.7 Å². The van der Waals surface area contributed by atoms with E-state index >= 15 is 0 Å². The van der Waals surface area contributed by atoms with Gasteiger partial charge in [0.05, 0.1) is 24.1 Å². The van der Waals surface area contributed by atoms with Crippen LogP contribution in [0.3, 0.4) is 0 Å². The fraction of sp³-hybridized carbons (Fsp3) is 0.286. The Hall–Kier alpha value is -2.50. The zero-order chi connectivity index (χ0) is 14.5. The number of rotatable bonds is 4. The quantitative estimate of drug-likeness (QED) is 0.868. The molecule has 0 atom stereocenters. The van der Waals surface area contributed by atoms with Crippen LogP contribution in [0.4, 0.5) is 0 Å². The van der Waals surface area contributed by atoms with Gasteiger partial charge in [-0.3, -0.25) is 19.6 Å². The number of nitrogens with zero attached hydrogens (tertiary/aromatic N) is 2. The van der Waals surface area contributed by atoms with E-state index in [-0.39, 0.29) is 18.0 Å². The molecule has 0 unspecified atom stereocenters. The van der Waals surface area contributed by atoms with Gasteiger partial charge < -0.3 is 10.3 Å². The number of carbonyl (C=O) groups is 1. The van der Waals surface area contributed by atoms with Crippen molar-refractivity contribution in [2.24, 2.45) is 0 Å². The first-order chi connectivity index (χ1) is 9.58. The zero-order valence-corrected chi connectivity index (χ0v) is 11.4. The predicted molar refractivity (Wildman–Crippen MR) is 74.4 cm³/mol. The van der Waals surface area contributed by atoms with Gasteiger partial charge in [-0.15, -0.1) is 0 Å². The smallest absolute Gasteiger partial charge is 0.251 e. The molecule has 0 saturated carbocycles. The molecule has 2 aromatic heterocycles. The van der Waals surface area contributed by atoms with Crippen molar-refractivity contribution in [3.8, 4) is 0 Å². The Balaban J connectivity index is 2.06. The van der Waals surface area contributed by atoms with E-state index in [1.54, 1.807) is 18.5 Å². The maximum Gasteiger partial charge on any atom is 0.251 e. The fourth-order valence-corrected chi connectivity index (χ4v) is 1.71. The molecule has 0 aromatic carbocycles. The Labute approximate surface area is 116 Å². The van der Waals surface area contributed by atoms with Crippen LogP contribution in [0.5, 0.6) is 0 Å². The van der Waals surface area contributed by atoms with Gasteiger partial charge in [0.2, 0.25) is 5.56 Å². The van der Waals surface area contributed by atoms with Crippen LogP contribution < -0.4 is 10.9 Å². The lowest BCUT2D eigenvalue weighted by atomic mass is 10.2. The molecule has 2 heterocycles. The zero-order valence-electron chi connectivity index (χ0n) is 11.4. The highest BCUT2D eigenvalue weighted by atomic mass is 16.2. The second-order valence-corrected chi connectivity index (χ2v) is 4.44. The number of H-pyrrole nitrogens is 1. The van der Waals surface area contributed by atoms with Crippen LogP contribution in [-0.4, -0.2) is 20.9 Å². The summed E-state index contributed by atoms with van der Waals surface area (Å²) < 4.78 is 0. The molecule has 1 amide bonds. The molecule has 0 radical (unpaired) electrons. The van der Waals surface area contributed by atoms with Gasteiger partial charge >= 0.3 is 0 Å². The SMILES string of the molecule is CCc1cc(C(=O)NCc2cnc(C)cn2)cc(=O)[nH]1. The Kier molecular flexibility index (Phi) is 4.24. The van der Waals surface area contributed by atoms with E-state index in [2.05, 4.69) is 20.3 Å². The molecule has 0 aliphatic heterocycles. The van der Waals surface area contributed by atoms with Gasteiger partial charge in [0.1, 0.15) is 0 Å². The number of aryl methyl sites for hydroxylation is 2. The average Bonchev–Trinajstić information content (AvgIpc) is 2.45. The third-order valence-corrected chi connectivity index (χ3v) is 2.81. The minimum Gasteiger partial charge on any atom is -0.346 e. The third kappa shape index (κ3) is 3.50. The summed E-state index contributed by atoms with van der Waals surface area (Å²) in [6, 6.07) is 2.97. The molecular formula is C14H16N4O2. The predicted octanol–water partition coefficient (Wildman–Crippen LogP) is 0.966. The normalized spacial score (nSPS) is 10.3. The molecule has 6 nitrogen and oxygen atoms in total. The van der Waals surface area contributed by atoms with Gasteiger partial charge in [0.15, 0.2) is 0 Å². The number of aromatic nitrogens is 3. The first-order valence-corrected chi connectivity index (χ1v) is 6.37. The lowest BCUT2D eigenvalue weighted by Gasteiger charge is -2.06. The fourth-order valence-electron chi connectivity index (χ4n) is 1.71. The summed E-state index contributed by atoms with van der Waals surface area (Å²) >= 11 is 0. The summed E-state index contributed by atoms with van der Waals surface area (Å²) in [6.45, 7) is 4.03. The molecule has 0 aliphatic carbocycles. The maximum atomic E-state index is 12.0. The Morgan fingerprint density at radius 2 is 2.10 bits per heavy atom. The van der Waals surface area contributed by atoms with Crippen molar-refractivity contribution < 1.29 is 4.79 Å². The van der Waals surface area contributed by atoms with Crippen molar-refractivity contribution in [2.75, 3.05) is 0 Å². The highest BCUT2D eigenvalue weighted by molar-refractivity contribution is 5.94. The maximum absolute atomic E-state index is 12.0. The molecule has 2 N–H and O–H groups in total. The van der Waals surface area contributed by atoms with Crippen LogP contribution in [-0.2, 0) is 13.0 Å². The lowest BCUT2D eigenvalue weighted by molar-refractivity contribution is 0.0950. The van der Waals surface area contributed by atoms with Crippen LogP contribution in [0.2, 0.25) is 0 Å². The second-order valence-electron chi connectivity index (χ2n) is 4.44. The van der Waals surface area contributed by atoms with Crippen molar-refractivity contribution in [1.29, 1.82) is 0 Å². The highest BCUT2D eigenvalue weighted by Gasteiger charge is 2.08. The molecular weight excluding hydrogens is 256 g/mol. The molecule has 2 aromatic rings. The van der Waals surface area contributed by atoms with Crippen molar-refractivity contribution in [3.05, 3.63) is 57.5 Å². The van der Waals surface area contributed by atoms with E-state index in [9.17, 15) is 9.59 Å². The van der Waals surface area contributed by atoms with E-state index in [1.807, 2.05) is 13.8 Å². The largest absolute Gasteiger partial charge is 0.346 e. The number of aromatic amines is 1. The van der Waals surface area contributed by atoms with E-state index in [4.69, 9.17) is 0 Å². The number of hydrogen-bond acceptors (Lipinski definition) is 4. The summed E-state index contributed by atoms with van der Waals surface area (Å²) in [4.78, 5) is 34.3. The van der Waals surface area contributed by atoms with Gasteiger partial charge in [-0.2, -0.15) is 0 Å². The van der Waals surface area contributed by atoms with Crippen LogP contribution in [0, 0.1) is 6.92 Å². The third-order valence-electron chi connectivity index (χ3n) is 2.81. The monoisotopic (exact) mass is 272 g/mol. The summed E-state index contributed by atoms with van der Waals surface area (Å²) in [5.74, 6) is -0.298. The van der Waals surface area contributed by atoms with E-state index < -0.39 is 0 Å². The standard InChI is InChI=1S/C14H16N4O2/c1-3-11-4-10(5-13(19)18-11)14(20)17-8-12-7-15-9(2)6-16-12/h4-7H,3,8H2,1-2H3,(H,17,20)(H,18,19). The summed E-state index contributed by atoms with van der Waals surface area (Å²) in [5, 5.41) is 2.72. The highest BCUT2D eigenvalue weighted by Crippen LogP contribution is 2.01. The number of carbonyl (C=O) groups excluding carboxylic acids is 1. The molecule has 6 heteroatoms. The molecule has 0 saturated heterocycles. The molecule has 0 aliphatic rings. The second kappa shape index (κ2) is 6.10. The van der Waals surface area contributed by atoms with Gasteiger partial charge in [0, 0.05) is 23.5 Å². The van der Waals surface area contributed by atoms with E-state index in [0.29, 0.717) is 17.7 Å². The number of amides is 1. The average molecular weight is 272 g/mol. The number of pyridine rings is 1. The molecule has 104 valence electrons. The summed E-state index contributed by atoms with van der Waals surface area (Å²) in [6.07, 6.45) is 3.93. The lowest BCUT2D eigenvalue weighted by Crippen LogP contribution is -2.25. The first-order valence-electron chi connectivity index (χ1n) is 6.37. The van der Waals surface area contributed by atoms with Gasteiger partial charge in [0.25, 0.3) is 5.91 Å². The molecule has 0 fully saturated rings. The van der Waals surface area contributed by atoms with Crippen LogP contribution >= 0.6 is 0 Å². The Morgan fingerprint density at radius 3 is 2.75 bits per heavy atom. The van der Waals surface area contributed by atoms with Crippen molar-refractivity contribution in [1.82, 2.24) is 20.3 Å². The molecule has 20 heavy (non-hydrogen) atoms. The van der Waals surface area contributed by atoms with Crippen molar-refractivity contribution in [2.45, 2.75) is 26.8 Å². The van der Waals surface area contributed by atoms with Gasteiger partial charge in [-0.1, -0.05) is 6.92 Å². The summed E-state index contributed by atoms with van der Waals surface area (Å²) in [5.41, 5.74) is 2.31. The van der Waals surface area contributed by atoms with Crippen LogP contribution in [0.15, 0.2) is 29.3 Å². The van der Waals surface area contributed by atoms with Gasteiger partial charge in [-0.25, -0.2) is 0 Å². The Morgan fingerprint density at radius 1 is 1.30 bits per heavy atom. The molecule has 0 spiro atoms. The number of hydrogen-bond donors (Lipinski definition) is 2. The van der Waals surface area contributed by atoms with Crippen molar-refractivity contribution in [3.63, 3.8) is 0 Å². The minimum atomic E-state index is -0.298. The van der Waals surface area contributed by atoms with Crippen LogP contribution in [0.1, 0.15) is 34.4 Å². The van der Waals surface area contributed by atoms with Crippen molar-refractivity contribution >= 4 is 5.91 Å². The minimum absolute atomic E-state index is 0.273. The molecule has 0 bridgehead atoms. The first kappa shape index (κ1) is 13.9. The van der Waals surface area contributed by atoms with E-state index in [0.717, 1.165) is 11.4 Å². The van der Waals surface area contributed by atoms with Gasteiger partial charge in [-0.05, 0) is 19.4 Å². The number of nitrogens with one attached hydrogen (secondary N) is 2. The summed E-state index contributed by atoms with van der Waals surface area (Å²) in [7, 11) is 0. The Bertz CT molecular complexity index is 662. The van der Waals surface area contributed by atoms with Crippen LogP contribution in [0.25, 0.3) is 0 Å².